The van der Waals surface area contributed by atoms with Crippen LogP contribution in [0, 0.1) is 0 Å². The molecule has 7 nitrogen and oxygen atoms in total. The van der Waals surface area contributed by atoms with E-state index in [2.05, 4.69) is 20.5 Å². The topological polar surface area (TPSA) is 88.6 Å². The maximum absolute atomic E-state index is 11.9. The molecule has 0 bridgehead atoms. The van der Waals surface area contributed by atoms with Gasteiger partial charge in [-0.25, -0.2) is 10.4 Å². The minimum atomic E-state index is -0.721. The molecular weight excluding hydrogens is 260 g/mol. The summed E-state index contributed by atoms with van der Waals surface area (Å²) < 4.78 is 11.0. The molecule has 0 saturated heterocycles. The van der Waals surface area contributed by atoms with Crippen LogP contribution in [0.4, 0.5) is 0 Å². The van der Waals surface area contributed by atoms with Crippen LogP contribution in [-0.2, 0) is 4.79 Å². The molecule has 20 heavy (non-hydrogen) atoms. The van der Waals surface area contributed by atoms with E-state index in [4.69, 9.17) is 9.47 Å². The number of fused-ring (bicyclic) bond motifs is 1. The number of H-pyrrole nitrogens is 1. The third-order valence-electron chi connectivity index (χ3n) is 2.69. The Hall–Kier alpha value is -2.83. The fourth-order valence-electron chi connectivity index (χ4n) is 1.73. The second-order valence-corrected chi connectivity index (χ2v) is 4.09. The Morgan fingerprint density at radius 1 is 1.45 bits per heavy atom. The number of para-hydroxylation sites is 2. The predicted molar refractivity (Wildman–Crippen MR) is 70.7 cm³/mol. The van der Waals surface area contributed by atoms with Gasteiger partial charge in [0, 0.05) is 6.20 Å². The number of nitrogens with one attached hydrogen (secondary N) is 2. The van der Waals surface area contributed by atoms with Gasteiger partial charge in [0.1, 0.15) is 12.3 Å². The van der Waals surface area contributed by atoms with E-state index in [0.29, 0.717) is 17.2 Å². The Morgan fingerprint density at radius 3 is 3.10 bits per heavy atom. The molecule has 1 aliphatic rings. The van der Waals surface area contributed by atoms with Crippen molar-refractivity contribution in [2.45, 2.75) is 6.10 Å². The highest BCUT2D eigenvalue weighted by Crippen LogP contribution is 2.30. The summed E-state index contributed by atoms with van der Waals surface area (Å²) in [7, 11) is 0. The van der Waals surface area contributed by atoms with Crippen LogP contribution in [0.15, 0.2) is 41.9 Å². The molecule has 0 aliphatic carbocycles. The van der Waals surface area contributed by atoms with Gasteiger partial charge in [0.05, 0.1) is 12.5 Å². The Bertz CT molecular complexity index is 624. The average molecular weight is 272 g/mol. The van der Waals surface area contributed by atoms with E-state index in [1.54, 1.807) is 18.3 Å². The first-order valence-corrected chi connectivity index (χ1v) is 6.03. The molecule has 7 heteroatoms. The first-order chi connectivity index (χ1) is 9.83. The number of nitrogens with zero attached hydrogens (tertiary/aromatic N) is 2. The van der Waals surface area contributed by atoms with E-state index in [1.807, 2.05) is 12.1 Å². The quantitative estimate of drug-likeness (QED) is 0.636. The molecule has 1 aromatic carbocycles. The van der Waals surface area contributed by atoms with Crippen molar-refractivity contribution in [2.24, 2.45) is 5.10 Å². The van der Waals surface area contributed by atoms with Crippen molar-refractivity contribution in [1.29, 1.82) is 0 Å². The zero-order chi connectivity index (χ0) is 13.8. The third-order valence-corrected chi connectivity index (χ3v) is 2.69. The molecule has 102 valence electrons. The zero-order valence-corrected chi connectivity index (χ0v) is 10.4. The molecule has 0 fully saturated rings. The van der Waals surface area contributed by atoms with Crippen molar-refractivity contribution in [2.75, 3.05) is 6.61 Å². The molecule has 0 spiro atoms. The van der Waals surface area contributed by atoms with Gasteiger partial charge in [0.25, 0.3) is 5.91 Å². The number of carbonyl (C=O) groups is 1. The standard InChI is InChI=1S/C13H12N4O3/c18-13(17-16-6-9-5-14-8-15-9)12-7-19-10-3-1-2-4-11(10)20-12/h1-6,8,12H,7H2,(H,14,15)(H,17,18)/b16-6+. The Balaban J connectivity index is 1.59. The van der Waals surface area contributed by atoms with Crippen LogP contribution in [0.5, 0.6) is 11.5 Å². The Morgan fingerprint density at radius 2 is 2.30 bits per heavy atom. The first kappa shape index (κ1) is 12.2. The van der Waals surface area contributed by atoms with Gasteiger partial charge < -0.3 is 14.5 Å². The lowest BCUT2D eigenvalue weighted by Gasteiger charge is -2.24. The molecule has 0 saturated carbocycles. The molecule has 1 amide bonds. The smallest absolute Gasteiger partial charge is 0.284 e. The molecule has 1 unspecified atom stereocenters. The van der Waals surface area contributed by atoms with Gasteiger partial charge in [-0.05, 0) is 12.1 Å². The van der Waals surface area contributed by atoms with Crippen LogP contribution in [0.1, 0.15) is 5.69 Å². The average Bonchev–Trinajstić information content (AvgIpc) is 3.00. The molecular formula is C13H12N4O3. The first-order valence-electron chi connectivity index (χ1n) is 6.03. The lowest BCUT2D eigenvalue weighted by atomic mass is 10.2. The summed E-state index contributed by atoms with van der Waals surface area (Å²) in [5.41, 5.74) is 3.01. The number of amides is 1. The maximum Gasteiger partial charge on any atom is 0.284 e. The van der Waals surface area contributed by atoms with Gasteiger partial charge in [-0.2, -0.15) is 5.10 Å². The van der Waals surface area contributed by atoms with E-state index < -0.39 is 6.10 Å². The number of imidazole rings is 1. The van der Waals surface area contributed by atoms with Gasteiger partial charge in [-0.15, -0.1) is 0 Å². The largest absolute Gasteiger partial charge is 0.485 e. The predicted octanol–water partition coefficient (Wildman–Crippen LogP) is 0.700. The normalized spacial score (nSPS) is 17.1. The zero-order valence-electron chi connectivity index (χ0n) is 10.4. The number of hydrazone groups is 1. The highest BCUT2D eigenvalue weighted by Gasteiger charge is 2.26. The summed E-state index contributed by atoms with van der Waals surface area (Å²) in [5, 5.41) is 3.80. The van der Waals surface area contributed by atoms with E-state index in [-0.39, 0.29) is 12.5 Å². The SMILES string of the molecule is O=C(N/N=C/c1c[nH]cn1)C1COc2ccccc2O1. The highest BCUT2D eigenvalue weighted by molar-refractivity contribution is 5.84. The second kappa shape index (κ2) is 5.43. The van der Waals surface area contributed by atoms with E-state index in [1.165, 1.54) is 12.5 Å². The van der Waals surface area contributed by atoms with Crippen molar-refractivity contribution in [1.82, 2.24) is 15.4 Å². The van der Waals surface area contributed by atoms with Crippen molar-refractivity contribution in [3.8, 4) is 11.5 Å². The molecule has 2 heterocycles. The van der Waals surface area contributed by atoms with Crippen molar-refractivity contribution in [3.05, 3.63) is 42.5 Å². The van der Waals surface area contributed by atoms with E-state index in [9.17, 15) is 4.79 Å². The third kappa shape index (κ3) is 2.61. The number of aromatic amines is 1. The minimum absolute atomic E-state index is 0.154. The van der Waals surface area contributed by atoms with Crippen LogP contribution in [-0.4, -0.2) is 34.8 Å². The summed E-state index contributed by atoms with van der Waals surface area (Å²) in [4.78, 5) is 18.6. The van der Waals surface area contributed by atoms with Crippen molar-refractivity contribution < 1.29 is 14.3 Å². The second-order valence-electron chi connectivity index (χ2n) is 4.09. The van der Waals surface area contributed by atoms with Crippen molar-refractivity contribution >= 4 is 12.1 Å². The lowest BCUT2D eigenvalue weighted by molar-refractivity contribution is -0.130. The Labute approximate surface area is 114 Å². The van der Waals surface area contributed by atoms with Crippen molar-refractivity contribution in [3.63, 3.8) is 0 Å². The monoisotopic (exact) mass is 272 g/mol. The van der Waals surface area contributed by atoms with E-state index in [0.717, 1.165) is 0 Å². The number of rotatable bonds is 3. The number of aromatic nitrogens is 2. The fourth-order valence-corrected chi connectivity index (χ4v) is 1.73. The van der Waals surface area contributed by atoms with Gasteiger partial charge in [-0.3, -0.25) is 4.79 Å². The summed E-state index contributed by atoms with van der Waals surface area (Å²) in [6.45, 7) is 0.154. The molecule has 2 N–H and O–H groups in total. The number of hydrogen-bond acceptors (Lipinski definition) is 5. The summed E-state index contributed by atoms with van der Waals surface area (Å²) in [5.74, 6) is 0.818. The van der Waals surface area contributed by atoms with Crippen LogP contribution < -0.4 is 14.9 Å². The molecule has 2 aromatic rings. The molecule has 3 rings (SSSR count). The van der Waals surface area contributed by atoms with Gasteiger partial charge in [-0.1, -0.05) is 12.1 Å². The summed E-state index contributed by atoms with van der Waals surface area (Å²) in [6.07, 6.45) is 3.90. The fraction of sp³-hybridized carbons (Fsp3) is 0.154. The molecule has 1 aliphatic heterocycles. The lowest BCUT2D eigenvalue weighted by Crippen LogP contribution is -2.42. The van der Waals surface area contributed by atoms with Crippen LogP contribution in [0.2, 0.25) is 0 Å². The molecule has 1 aromatic heterocycles. The maximum atomic E-state index is 11.9. The van der Waals surface area contributed by atoms with Gasteiger partial charge >= 0.3 is 0 Å². The minimum Gasteiger partial charge on any atom is -0.485 e. The van der Waals surface area contributed by atoms with Crippen LogP contribution in [0.3, 0.4) is 0 Å². The number of ether oxygens (including phenoxy) is 2. The van der Waals surface area contributed by atoms with E-state index >= 15 is 0 Å². The summed E-state index contributed by atoms with van der Waals surface area (Å²) in [6, 6.07) is 7.20. The number of benzene rings is 1. The van der Waals surface area contributed by atoms with Crippen LogP contribution in [0.25, 0.3) is 0 Å². The highest BCUT2D eigenvalue weighted by atomic mass is 16.6. The van der Waals surface area contributed by atoms with Crippen LogP contribution >= 0.6 is 0 Å². The number of hydrogen-bond donors (Lipinski definition) is 2. The number of carbonyl (C=O) groups excluding carboxylic acids is 1. The Kier molecular flexibility index (Phi) is 3.32. The summed E-state index contributed by atoms with van der Waals surface area (Å²) >= 11 is 0. The molecule has 0 radical (unpaired) electrons. The van der Waals surface area contributed by atoms with Gasteiger partial charge in [0.2, 0.25) is 6.10 Å². The van der Waals surface area contributed by atoms with Gasteiger partial charge in [0.15, 0.2) is 11.5 Å². The molecule has 1 atom stereocenters.